The van der Waals surface area contributed by atoms with E-state index >= 15 is 0 Å². The first-order valence-corrected chi connectivity index (χ1v) is 7.42. The number of pyridine rings is 1. The summed E-state index contributed by atoms with van der Waals surface area (Å²) in [5.41, 5.74) is 2.39. The van der Waals surface area contributed by atoms with Crippen LogP contribution in [0.3, 0.4) is 0 Å². The van der Waals surface area contributed by atoms with Gasteiger partial charge in [-0.2, -0.15) is 5.10 Å². The first-order chi connectivity index (χ1) is 9.63. The minimum Gasteiger partial charge on any atom is -0.294 e. The van der Waals surface area contributed by atoms with Crippen LogP contribution in [0.5, 0.6) is 0 Å². The number of aromatic nitrogens is 3. The second-order valence-electron chi connectivity index (χ2n) is 5.01. The van der Waals surface area contributed by atoms with Crippen LogP contribution in [0, 0.1) is 0 Å². The third-order valence-corrected chi connectivity index (χ3v) is 4.01. The van der Waals surface area contributed by atoms with Gasteiger partial charge in [-0.1, -0.05) is 0 Å². The minimum atomic E-state index is 0.0572. The molecule has 0 aliphatic rings. The lowest BCUT2D eigenvalue weighted by Crippen LogP contribution is -2.06. The van der Waals surface area contributed by atoms with Gasteiger partial charge in [0.25, 0.3) is 0 Å². The topological polar surface area (TPSA) is 47.8 Å². The van der Waals surface area contributed by atoms with Crippen LogP contribution in [-0.4, -0.2) is 20.5 Å². The molecule has 0 saturated heterocycles. The fourth-order valence-corrected chi connectivity index (χ4v) is 2.80. The SMILES string of the molecule is CC(C)n1ccc(CC(=O)c2cnc3ccsc3c2)n1. The number of ketones is 1. The van der Waals surface area contributed by atoms with E-state index in [-0.39, 0.29) is 5.78 Å². The van der Waals surface area contributed by atoms with Crippen LogP contribution in [0.2, 0.25) is 0 Å². The summed E-state index contributed by atoms with van der Waals surface area (Å²) in [6.45, 7) is 4.13. The van der Waals surface area contributed by atoms with Gasteiger partial charge in [0, 0.05) is 24.0 Å². The molecule has 5 heteroatoms. The van der Waals surface area contributed by atoms with Gasteiger partial charge in [0.1, 0.15) is 0 Å². The molecule has 0 unspecified atom stereocenters. The van der Waals surface area contributed by atoms with Crippen molar-refractivity contribution in [2.24, 2.45) is 0 Å². The fraction of sp³-hybridized carbons (Fsp3) is 0.267. The smallest absolute Gasteiger partial charge is 0.170 e. The Morgan fingerprint density at radius 3 is 3.00 bits per heavy atom. The van der Waals surface area contributed by atoms with E-state index in [0.717, 1.165) is 15.9 Å². The normalized spacial score (nSPS) is 11.3. The van der Waals surface area contributed by atoms with E-state index in [1.54, 1.807) is 17.5 Å². The van der Waals surface area contributed by atoms with Gasteiger partial charge in [0.2, 0.25) is 0 Å². The van der Waals surface area contributed by atoms with Gasteiger partial charge in [0.15, 0.2) is 5.78 Å². The van der Waals surface area contributed by atoms with E-state index in [1.807, 2.05) is 34.5 Å². The molecule has 0 aliphatic carbocycles. The number of carbonyl (C=O) groups is 1. The van der Waals surface area contributed by atoms with Crippen molar-refractivity contribution in [3.63, 3.8) is 0 Å². The Bertz CT molecular complexity index is 757. The van der Waals surface area contributed by atoms with E-state index in [0.29, 0.717) is 18.0 Å². The van der Waals surface area contributed by atoms with Crippen LogP contribution in [0.15, 0.2) is 36.0 Å². The second kappa shape index (κ2) is 5.17. The Morgan fingerprint density at radius 2 is 2.25 bits per heavy atom. The monoisotopic (exact) mass is 285 g/mol. The zero-order chi connectivity index (χ0) is 14.1. The number of rotatable bonds is 4. The minimum absolute atomic E-state index is 0.0572. The quantitative estimate of drug-likeness (QED) is 0.689. The zero-order valence-electron chi connectivity index (χ0n) is 11.4. The van der Waals surface area contributed by atoms with E-state index in [4.69, 9.17) is 0 Å². The highest BCUT2D eigenvalue weighted by Crippen LogP contribution is 2.20. The predicted molar refractivity (Wildman–Crippen MR) is 80.3 cm³/mol. The number of hydrogen-bond acceptors (Lipinski definition) is 4. The number of nitrogens with zero attached hydrogens (tertiary/aromatic N) is 3. The first-order valence-electron chi connectivity index (χ1n) is 6.54. The van der Waals surface area contributed by atoms with Gasteiger partial charge >= 0.3 is 0 Å². The van der Waals surface area contributed by atoms with Crippen molar-refractivity contribution in [2.75, 3.05) is 0 Å². The van der Waals surface area contributed by atoms with Gasteiger partial charge in [-0.25, -0.2) is 0 Å². The molecule has 102 valence electrons. The molecule has 0 aromatic carbocycles. The molecule has 0 atom stereocenters. The van der Waals surface area contributed by atoms with E-state index in [2.05, 4.69) is 23.9 Å². The van der Waals surface area contributed by atoms with Gasteiger partial charge in [0.05, 0.1) is 22.3 Å². The molecule has 0 N–H and O–H groups in total. The van der Waals surface area contributed by atoms with Crippen LogP contribution in [0.4, 0.5) is 0 Å². The first kappa shape index (κ1) is 13.0. The van der Waals surface area contributed by atoms with Crippen molar-refractivity contribution in [1.82, 2.24) is 14.8 Å². The van der Waals surface area contributed by atoms with Crippen LogP contribution >= 0.6 is 11.3 Å². The maximum atomic E-state index is 12.3. The number of fused-ring (bicyclic) bond motifs is 1. The largest absolute Gasteiger partial charge is 0.294 e. The molecule has 3 rings (SSSR count). The van der Waals surface area contributed by atoms with Gasteiger partial charge in [-0.3, -0.25) is 14.5 Å². The fourth-order valence-electron chi connectivity index (χ4n) is 2.02. The van der Waals surface area contributed by atoms with E-state index in [9.17, 15) is 4.79 Å². The van der Waals surface area contributed by atoms with E-state index < -0.39 is 0 Å². The van der Waals surface area contributed by atoms with Gasteiger partial charge in [-0.15, -0.1) is 11.3 Å². The third kappa shape index (κ3) is 2.49. The molecule has 0 radical (unpaired) electrons. The average Bonchev–Trinajstić information content (AvgIpc) is 3.05. The van der Waals surface area contributed by atoms with Gasteiger partial charge in [-0.05, 0) is 37.4 Å². The molecule has 3 aromatic heterocycles. The summed E-state index contributed by atoms with van der Waals surface area (Å²) in [7, 11) is 0. The molecular weight excluding hydrogens is 270 g/mol. The maximum absolute atomic E-state index is 12.3. The van der Waals surface area contributed by atoms with Crippen molar-refractivity contribution in [3.05, 3.63) is 47.2 Å². The van der Waals surface area contributed by atoms with Crippen molar-refractivity contribution >= 4 is 27.3 Å². The Morgan fingerprint density at radius 1 is 1.40 bits per heavy atom. The summed E-state index contributed by atoms with van der Waals surface area (Å²) in [5.74, 6) is 0.0572. The number of Topliss-reactive ketones (excluding diaryl/α,β-unsaturated/α-hetero) is 1. The standard InChI is InChI=1S/C15H15N3OS/c1-10(2)18-5-3-12(17-18)8-14(19)11-7-15-13(16-9-11)4-6-20-15/h3-7,9-10H,8H2,1-2H3. The lowest BCUT2D eigenvalue weighted by molar-refractivity contribution is 0.0991. The highest BCUT2D eigenvalue weighted by Gasteiger charge is 2.11. The van der Waals surface area contributed by atoms with Crippen LogP contribution < -0.4 is 0 Å². The predicted octanol–water partition coefficient (Wildman–Crippen LogP) is 3.50. The Hall–Kier alpha value is -2.01. The molecule has 3 aromatic rings. The molecule has 3 heterocycles. The summed E-state index contributed by atoms with van der Waals surface area (Å²) in [4.78, 5) is 16.6. The lowest BCUT2D eigenvalue weighted by Gasteiger charge is -2.03. The summed E-state index contributed by atoms with van der Waals surface area (Å²) in [6.07, 6.45) is 3.88. The number of hydrogen-bond donors (Lipinski definition) is 0. The summed E-state index contributed by atoms with van der Waals surface area (Å²) in [5, 5.41) is 6.39. The molecule has 0 fully saturated rings. The Labute approximate surface area is 121 Å². The van der Waals surface area contributed by atoms with Crippen molar-refractivity contribution in [3.8, 4) is 0 Å². The molecule has 4 nitrogen and oxygen atoms in total. The molecular formula is C15H15N3OS. The zero-order valence-corrected chi connectivity index (χ0v) is 12.2. The van der Waals surface area contributed by atoms with Gasteiger partial charge < -0.3 is 0 Å². The molecule has 0 bridgehead atoms. The number of thiophene rings is 1. The van der Waals surface area contributed by atoms with Crippen LogP contribution in [-0.2, 0) is 6.42 Å². The Kier molecular flexibility index (Phi) is 3.36. The third-order valence-electron chi connectivity index (χ3n) is 3.16. The van der Waals surface area contributed by atoms with Crippen molar-refractivity contribution in [2.45, 2.75) is 26.3 Å². The highest BCUT2D eigenvalue weighted by molar-refractivity contribution is 7.17. The Balaban J connectivity index is 1.80. The summed E-state index contributed by atoms with van der Waals surface area (Å²) < 4.78 is 2.91. The van der Waals surface area contributed by atoms with Crippen LogP contribution in [0.25, 0.3) is 10.2 Å². The molecule has 0 saturated carbocycles. The number of carbonyl (C=O) groups excluding carboxylic acids is 1. The average molecular weight is 285 g/mol. The lowest BCUT2D eigenvalue weighted by atomic mass is 10.1. The van der Waals surface area contributed by atoms with E-state index in [1.165, 1.54) is 0 Å². The summed E-state index contributed by atoms with van der Waals surface area (Å²) in [6, 6.07) is 6.07. The highest BCUT2D eigenvalue weighted by atomic mass is 32.1. The molecule has 20 heavy (non-hydrogen) atoms. The summed E-state index contributed by atoms with van der Waals surface area (Å²) >= 11 is 1.60. The van der Waals surface area contributed by atoms with Crippen molar-refractivity contribution < 1.29 is 4.79 Å². The molecule has 0 amide bonds. The van der Waals surface area contributed by atoms with Crippen molar-refractivity contribution in [1.29, 1.82) is 0 Å². The molecule has 0 spiro atoms. The maximum Gasteiger partial charge on any atom is 0.170 e. The second-order valence-corrected chi connectivity index (χ2v) is 5.96. The molecule has 0 aliphatic heterocycles. The van der Waals surface area contributed by atoms with Crippen LogP contribution in [0.1, 0.15) is 35.9 Å².